The number of nitriles is 1. The first-order valence-corrected chi connectivity index (χ1v) is 9.14. The first-order valence-electron chi connectivity index (χ1n) is 8.39. The third-order valence-electron chi connectivity index (χ3n) is 3.62. The molecule has 0 N–H and O–H groups in total. The molecule has 0 fully saturated rings. The van der Waals surface area contributed by atoms with Gasteiger partial charge in [0.25, 0.3) is 0 Å². The Morgan fingerprint density at radius 3 is 2.57 bits per heavy atom. The highest BCUT2D eigenvalue weighted by Crippen LogP contribution is 2.31. The smallest absolute Gasteiger partial charge is 0.242 e. The molecule has 8 heteroatoms. The summed E-state index contributed by atoms with van der Waals surface area (Å²) in [5.41, 5.74) is 0.648. The summed E-state index contributed by atoms with van der Waals surface area (Å²) in [6, 6.07) is 15.9. The maximum atomic E-state index is 9.49. The molecule has 0 saturated heterocycles. The minimum atomic E-state index is 0.222. The van der Waals surface area contributed by atoms with Crippen molar-refractivity contribution < 1.29 is 9.47 Å². The van der Waals surface area contributed by atoms with Crippen LogP contribution in [0.25, 0.3) is 0 Å². The maximum absolute atomic E-state index is 9.49. The second-order valence-corrected chi connectivity index (χ2v) is 6.58. The Hall–Kier alpha value is -3.01. The highest BCUT2D eigenvalue weighted by Gasteiger charge is 2.13. The molecule has 6 nitrogen and oxygen atoms in total. The lowest BCUT2D eigenvalue weighted by Crippen LogP contribution is -2.25. The predicted molar refractivity (Wildman–Crippen MR) is 108 cm³/mol. The number of rotatable bonds is 7. The van der Waals surface area contributed by atoms with E-state index in [0.29, 0.717) is 28.1 Å². The molecule has 2 aromatic carbocycles. The summed E-state index contributed by atoms with van der Waals surface area (Å²) in [5.74, 6) is 1.63. The molecule has 0 atom stereocenters. The topological polar surface area (TPSA) is 71.3 Å². The van der Waals surface area contributed by atoms with Crippen LogP contribution in [0.5, 0.6) is 17.4 Å². The molecule has 0 saturated carbocycles. The normalized spacial score (nSPS) is 10.2. The molecular weight excluding hydrogens is 399 g/mol. The van der Waals surface area contributed by atoms with Crippen molar-refractivity contribution in [2.24, 2.45) is 0 Å². The van der Waals surface area contributed by atoms with Gasteiger partial charge in [0.15, 0.2) is 6.19 Å². The minimum absolute atomic E-state index is 0.222. The largest absolute Gasteiger partial charge is 0.492 e. The van der Waals surface area contributed by atoms with Crippen LogP contribution in [0, 0.1) is 18.4 Å². The van der Waals surface area contributed by atoms with Gasteiger partial charge in [0.2, 0.25) is 11.8 Å². The zero-order valence-corrected chi connectivity index (χ0v) is 16.5. The van der Waals surface area contributed by atoms with Crippen molar-refractivity contribution in [1.82, 2.24) is 9.97 Å². The van der Waals surface area contributed by atoms with Crippen molar-refractivity contribution in [3.05, 3.63) is 70.3 Å². The summed E-state index contributed by atoms with van der Waals surface area (Å²) in [4.78, 5) is 9.96. The lowest BCUT2D eigenvalue weighted by molar-refractivity contribution is 0.327. The van der Waals surface area contributed by atoms with Crippen molar-refractivity contribution >= 4 is 29.2 Å². The number of aromatic nitrogens is 2. The van der Waals surface area contributed by atoms with Crippen LogP contribution in [0.2, 0.25) is 10.0 Å². The van der Waals surface area contributed by atoms with Gasteiger partial charge in [-0.05, 0) is 37.3 Å². The van der Waals surface area contributed by atoms with E-state index in [4.69, 9.17) is 32.7 Å². The van der Waals surface area contributed by atoms with Crippen molar-refractivity contribution in [3.8, 4) is 23.6 Å². The summed E-state index contributed by atoms with van der Waals surface area (Å²) in [6.07, 6.45) is 2.07. The average molecular weight is 415 g/mol. The van der Waals surface area contributed by atoms with Crippen molar-refractivity contribution in [2.75, 3.05) is 18.1 Å². The highest BCUT2D eigenvalue weighted by molar-refractivity contribution is 6.35. The maximum Gasteiger partial charge on any atom is 0.242 e. The van der Waals surface area contributed by atoms with Gasteiger partial charge in [0.05, 0.1) is 11.6 Å². The van der Waals surface area contributed by atoms with Gasteiger partial charge in [0, 0.05) is 16.8 Å². The standard InChI is InChI=1S/C20H16Cl2N4O2/c1-14-11-19(28-18-8-7-15(21)12-17(18)22)25-20(24-14)26(13-23)9-10-27-16-5-3-2-4-6-16/h2-8,11-12H,9-10H2,1H3. The zero-order valence-electron chi connectivity index (χ0n) is 15.0. The van der Waals surface area contributed by atoms with E-state index < -0.39 is 0 Å². The number of ether oxygens (including phenoxy) is 2. The first kappa shape index (κ1) is 19.7. The molecule has 0 aliphatic rings. The van der Waals surface area contributed by atoms with Gasteiger partial charge in [-0.1, -0.05) is 41.4 Å². The van der Waals surface area contributed by atoms with Gasteiger partial charge in [-0.2, -0.15) is 10.2 Å². The van der Waals surface area contributed by atoms with E-state index in [1.165, 1.54) is 4.90 Å². The van der Waals surface area contributed by atoms with Gasteiger partial charge < -0.3 is 9.47 Å². The second-order valence-electron chi connectivity index (χ2n) is 5.74. The van der Waals surface area contributed by atoms with Crippen molar-refractivity contribution in [1.29, 1.82) is 5.26 Å². The molecule has 0 aliphatic carbocycles. The van der Waals surface area contributed by atoms with Crippen molar-refractivity contribution in [2.45, 2.75) is 6.92 Å². The van der Waals surface area contributed by atoms with E-state index in [0.717, 1.165) is 5.75 Å². The Morgan fingerprint density at radius 1 is 1.07 bits per heavy atom. The van der Waals surface area contributed by atoms with Crippen LogP contribution in [0.3, 0.4) is 0 Å². The predicted octanol–water partition coefficient (Wildman–Crippen LogP) is 5.25. The minimum Gasteiger partial charge on any atom is -0.492 e. The third-order valence-corrected chi connectivity index (χ3v) is 4.15. The van der Waals surface area contributed by atoms with E-state index in [2.05, 4.69) is 16.2 Å². The van der Waals surface area contributed by atoms with Crippen LogP contribution in [-0.2, 0) is 0 Å². The van der Waals surface area contributed by atoms with E-state index in [9.17, 15) is 5.26 Å². The quantitative estimate of drug-likeness (QED) is 0.388. The Bertz CT molecular complexity index is 993. The monoisotopic (exact) mass is 414 g/mol. The number of aryl methyl sites for hydroxylation is 1. The zero-order chi connectivity index (χ0) is 19.9. The Balaban J connectivity index is 1.72. The van der Waals surface area contributed by atoms with E-state index in [1.54, 1.807) is 31.2 Å². The molecular formula is C20H16Cl2N4O2. The summed E-state index contributed by atoms with van der Waals surface area (Å²) < 4.78 is 11.4. The highest BCUT2D eigenvalue weighted by atomic mass is 35.5. The van der Waals surface area contributed by atoms with Crippen LogP contribution in [0.1, 0.15) is 5.69 Å². The fourth-order valence-electron chi connectivity index (χ4n) is 2.33. The van der Waals surface area contributed by atoms with Crippen LogP contribution in [-0.4, -0.2) is 23.1 Å². The molecule has 1 aromatic heterocycles. The van der Waals surface area contributed by atoms with Crippen LogP contribution in [0.4, 0.5) is 5.95 Å². The summed E-state index contributed by atoms with van der Waals surface area (Å²) >= 11 is 12.0. The molecule has 3 rings (SSSR count). The summed E-state index contributed by atoms with van der Waals surface area (Å²) in [6.45, 7) is 2.38. The molecule has 0 unspecified atom stereocenters. The third kappa shape index (κ3) is 5.26. The van der Waals surface area contributed by atoms with Gasteiger partial charge >= 0.3 is 0 Å². The average Bonchev–Trinajstić information content (AvgIpc) is 2.68. The molecule has 0 spiro atoms. The molecule has 0 radical (unpaired) electrons. The lowest BCUT2D eigenvalue weighted by atomic mass is 10.3. The molecule has 0 aliphatic heterocycles. The fraction of sp³-hybridized carbons (Fsp3) is 0.150. The Kier molecular flexibility index (Phi) is 6.53. The number of hydrogen-bond acceptors (Lipinski definition) is 6. The van der Waals surface area contributed by atoms with E-state index >= 15 is 0 Å². The van der Waals surface area contributed by atoms with Gasteiger partial charge in [-0.25, -0.2) is 9.88 Å². The number of hydrogen-bond donors (Lipinski definition) is 0. The van der Waals surface area contributed by atoms with Crippen molar-refractivity contribution in [3.63, 3.8) is 0 Å². The number of halogens is 2. The Labute approximate surface area is 172 Å². The molecule has 1 heterocycles. The van der Waals surface area contributed by atoms with E-state index in [-0.39, 0.29) is 18.4 Å². The summed E-state index contributed by atoms with van der Waals surface area (Å²) in [5, 5.41) is 10.4. The lowest BCUT2D eigenvalue weighted by Gasteiger charge is -2.16. The van der Waals surface area contributed by atoms with Crippen LogP contribution in [0.15, 0.2) is 54.6 Å². The Morgan fingerprint density at radius 2 is 1.86 bits per heavy atom. The van der Waals surface area contributed by atoms with Gasteiger partial charge in [-0.15, -0.1) is 0 Å². The molecule has 0 amide bonds. The van der Waals surface area contributed by atoms with Crippen LogP contribution < -0.4 is 14.4 Å². The molecule has 0 bridgehead atoms. The first-order chi connectivity index (χ1) is 13.5. The van der Waals surface area contributed by atoms with Gasteiger partial charge in [-0.3, -0.25) is 0 Å². The second kappa shape index (κ2) is 9.27. The molecule has 142 valence electrons. The van der Waals surface area contributed by atoms with Crippen LogP contribution >= 0.6 is 23.2 Å². The number of benzene rings is 2. The summed E-state index contributed by atoms with van der Waals surface area (Å²) in [7, 11) is 0. The molecule has 28 heavy (non-hydrogen) atoms. The van der Waals surface area contributed by atoms with Gasteiger partial charge in [0.1, 0.15) is 18.1 Å². The number of para-hydroxylation sites is 1. The fourth-order valence-corrected chi connectivity index (χ4v) is 2.78. The number of anilines is 1. The molecule has 3 aromatic rings. The number of nitrogens with zero attached hydrogens (tertiary/aromatic N) is 4. The SMILES string of the molecule is Cc1cc(Oc2ccc(Cl)cc2Cl)nc(N(C#N)CCOc2ccccc2)n1. The van der Waals surface area contributed by atoms with E-state index in [1.807, 2.05) is 30.3 Å².